The molecule has 0 saturated carbocycles. The van der Waals surface area contributed by atoms with Crippen molar-refractivity contribution >= 4 is 62.3 Å². The predicted octanol–water partition coefficient (Wildman–Crippen LogP) is 8.56. The summed E-state index contributed by atoms with van der Waals surface area (Å²) in [6.07, 6.45) is 8.45. The Labute approximate surface area is 328 Å². The molecule has 1 aromatic heterocycles. The summed E-state index contributed by atoms with van der Waals surface area (Å²) in [4.78, 5) is 10.2. The van der Waals surface area contributed by atoms with Gasteiger partial charge in [-0.15, -0.1) is 0 Å². The Morgan fingerprint density at radius 3 is 1.61 bits per heavy atom. The zero-order chi connectivity index (χ0) is 37.3. The molecule has 4 nitrogen and oxygen atoms in total. The molecule has 0 spiro atoms. The van der Waals surface area contributed by atoms with Crippen molar-refractivity contribution in [1.82, 2.24) is 9.88 Å². The molecule has 2 aliphatic rings. The van der Waals surface area contributed by atoms with Crippen molar-refractivity contribution in [3.63, 3.8) is 0 Å². The van der Waals surface area contributed by atoms with Crippen LogP contribution in [0.4, 0.5) is 0 Å². The minimum atomic E-state index is -2.70. The average molecular weight is 737 g/mol. The molecule has 268 valence electrons. The topological polar surface area (TPSA) is 41.7 Å². The molecule has 0 fully saturated rings. The number of para-hydroxylation sites is 1. The molecule has 0 bridgehead atoms. The van der Waals surface area contributed by atoms with Gasteiger partial charge < -0.3 is 9.88 Å². The molecule has 2 heterocycles. The zero-order valence-corrected chi connectivity index (χ0v) is 32.0. The van der Waals surface area contributed by atoms with E-state index in [1.807, 2.05) is 6.07 Å². The van der Waals surface area contributed by atoms with E-state index in [2.05, 4.69) is 210 Å². The maximum Gasteiger partial charge on any atom is 0.179 e. The summed E-state index contributed by atoms with van der Waals surface area (Å²) in [7, 11) is -2.70. The molecular formula is C51H40N4Si. The number of nitrogens with zero attached hydrogens (tertiary/aromatic N) is 3. The fourth-order valence-electron chi connectivity index (χ4n) is 8.63. The molecule has 5 heteroatoms. The van der Waals surface area contributed by atoms with E-state index >= 15 is 0 Å². The van der Waals surface area contributed by atoms with Gasteiger partial charge in [-0.25, -0.2) is 9.98 Å². The Bertz CT molecular complexity index is 2700. The molecule has 1 N–H and O–H groups in total. The number of hydrogen-bond donors (Lipinski definition) is 1. The molecule has 1 unspecified atom stereocenters. The highest BCUT2D eigenvalue weighted by Gasteiger charge is 2.41. The van der Waals surface area contributed by atoms with E-state index in [0.717, 1.165) is 46.9 Å². The normalized spacial score (nSPS) is 15.6. The highest BCUT2D eigenvalue weighted by atomic mass is 28.3. The van der Waals surface area contributed by atoms with Crippen molar-refractivity contribution in [1.29, 1.82) is 0 Å². The number of fused-ring (bicyclic) bond motifs is 3. The molecule has 0 radical (unpaired) electrons. The van der Waals surface area contributed by atoms with Crippen LogP contribution in [0, 0.1) is 0 Å². The van der Waals surface area contributed by atoms with E-state index in [-0.39, 0.29) is 6.17 Å². The van der Waals surface area contributed by atoms with Crippen LogP contribution in [0.15, 0.2) is 222 Å². The van der Waals surface area contributed by atoms with Gasteiger partial charge in [-0.05, 0) is 75.6 Å². The summed E-state index contributed by atoms with van der Waals surface area (Å²) in [6.45, 7) is 0. The number of rotatable bonds is 8. The van der Waals surface area contributed by atoms with E-state index in [4.69, 9.17) is 9.98 Å². The lowest BCUT2D eigenvalue weighted by atomic mass is 10.0. The molecule has 1 atom stereocenters. The third-order valence-electron chi connectivity index (χ3n) is 11.2. The molecule has 0 saturated heterocycles. The smallest absolute Gasteiger partial charge is 0.179 e. The van der Waals surface area contributed by atoms with Crippen LogP contribution in [0.5, 0.6) is 0 Å². The maximum atomic E-state index is 5.15. The SMILES string of the molecule is C1=CC(C2N=C(c3ccccc3)NC(c3ccc(-n4c5ccccc5c5cc([Si](c6ccccc6)(c6ccccc6)c6ccccc6)ccc54)cc3)=N2)=CCC1. The minimum Gasteiger partial charge on any atom is -0.324 e. The van der Waals surface area contributed by atoms with Crippen LogP contribution in [0.1, 0.15) is 24.0 Å². The van der Waals surface area contributed by atoms with Crippen LogP contribution in [-0.4, -0.2) is 30.5 Å². The minimum absolute atomic E-state index is 0.289. The Morgan fingerprint density at radius 2 is 1.02 bits per heavy atom. The van der Waals surface area contributed by atoms with E-state index in [9.17, 15) is 0 Å². The van der Waals surface area contributed by atoms with Crippen LogP contribution in [-0.2, 0) is 0 Å². The zero-order valence-electron chi connectivity index (χ0n) is 31.0. The third-order valence-corrected chi connectivity index (χ3v) is 16.0. The molecule has 10 rings (SSSR count). The lowest BCUT2D eigenvalue weighted by molar-refractivity contribution is 0.798. The van der Waals surface area contributed by atoms with Crippen molar-refractivity contribution < 1.29 is 0 Å². The van der Waals surface area contributed by atoms with Crippen LogP contribution < -0.4 is 26.1 Å². The summed E-state index contributed by atoms with van der Waals surface area (Å²) < 4.78 is 2.41. The number of amidine groups is 2. The van der Waals surface area contributed by atoms with Crippen molar-refractivity contribution in [2.75, 3.05) is 0 Å². The van der Waals surface area contributed by atoms with E-state index in [1.165, 1.54) is 42.6 Å². The molecule has 8 aromatic rings. The van der Waals surface area contributed by atoms with Crippen LogP contribution in [0.2, 0.25) is 0 Å². The number of aliphatic imine (C=N–C) groups is 2. The lowest BCUT2D eigenvalue weighted by Crippen LogP contribution is -2.74. The number of benzene rings is 7. The van der Waals surface area contributed by atoms with E-state index in [0.29, 0.717) is 0 Å². The fraction of sp³-hybridized carbons (Fsp3) is 0.0588. The number of hydrogen-bond acceptors (Lipinski definition) is 3. The van der Waals surface area contributed by atoms with Gasteiger partial charge in [-0.3, -0.25) is 0 Å². The summed E-state index contributed by atoms with van der Waals surface area (Å²) in [6, 6.07) is 68.6. The highest BCUT2D eigenvalue weighted by Crippen LogP contribution is 2.32. The third kappa shape index (κ3) is 5.85. The van der Waals surface area contributed by atoms with Gasteiger partial charge in [0.25, 0.3) is 0 Å². The molecular weight excluding hydrogens is 697 g/mol. The maximum absolute atomic E-state index is 5.15. The van der Waals surface area contributed by atoms with Crippen molar-refractivity contribution in [3.8, 4) is 5.69 Å². The van der Waals surface area contributed by atoms with Crippen molar-refractivity contribution in [2.45, 2.75) is 19.0 Å². The fourth-order valence-corrected chi connectivity index (χ4v) is 13.4. The Kier molecular flexibility index (Phi) is 8.69. The lowest BCUT2D eigenvalue weighted by Gasteiger charge is -2.34. The van der Waals surface area contributed by atoms with Crippen LogP contribution in [0.25, 0.3) is 27.5 Å². The van der Waals surface area contributed by atoms with Gasteiger partial charge in [-0.2, -0.15) is 0 Å². The summed E-state index contributed by atoms with van der Waals surface area (Å²) in [5, 5.41) is 11.5. The number of nitrogens with one attached hydrogen (secondary N) is 1. The summed E-state index contributed by atoms with van der Waals surface area (Å²) in [5.41, 5.74) is 6.68. The second kappa shape index (κ2) is 14.4. The van der Waals surface area contributed by atoms with Gasteiger partial charge in [0.2, 0.25) is 0 Å². The monoisotopic (exact) mass is 736 g/mol. The second-order valence-electron chi connectivity index (χ2n) is 14.5. The van der Waals surface area contributed by atoms with Crippen molar-refractivity contribution in [3.05, 3.63) is 223 Å². The molecule has 1 aliphatic heterocycles. The number of allylic oxidation sites excluding steroid dienone is 2. The first kappa shape index (κ1) is 33.7. The summed E-state index contributed by atoms with van der Waals surface area (Å²) in [5.74, 6) is 1.66. The molecule has 56 heavy (non-hydrogen) atoms. The molecule has 0 amide bonds. The van der Waals surface area contributed by atoms with Crippen LogP contribution in [0.3, 0.4) is 0 Å². The van der Waals surface area contributed by atoms with Gasteiger partial charge in [0.1, 0.15) is 11.7 Å². The first-order chi connectivity index (χ1) is 27.8. The van der Waals surface area contributed by atoms with Crippen molar-refractivity contribution in [2.24, 2.45) is 9.98 Å². The Balaban J connectivity index is 1.10. The first-order valence-corrected chi connectivity index (χ1v) is 21.4. The molecule has 7 aromatic carbocycles. The molecule has 1 aliphatic carbocycles. The first-order valence-electron chi connectivity index (χ1n) is 19.4. The van der Waals surface area contributed by atoms with Crippen LogP contribution >= 0.6 is 0 Å². The largest absolute Gasteiger partial charge is 0.324 e. The number of aromatic nitrogens is 1. The average Bonchev–Trinajstić information content (AvgIpc) is 3.62. The predicted molar refractivity (Wildman–Crippen MR) is 237 cm³/mol. The van der Waals surface area contributed by atoms with Gasteiger partial charge in [-0.1, -0.05) is 170 Å². The van der Waals surface area contributed by atoms with Gasteiger partial charge >= 0.3 is 0 Å². The van der Waals surface area contributed by atoms with E-state index < -0.39 is 8.07 Å². The standard InChI is InChI=1S/C51H40N4Si/c1-6-18-37(19-7-1)49-52-50(38-20-8-2-9-21-38)54-51(53-49)39-30-32-40(33-31-39)55-47-29-17-16-28-45(47)46-36-44(34-35-48(46)55)56(41-22-10-3-11-23-41,42-24-12-4-13-25-42)43-26-14-5-15-27-43/h1,3-8,10-36,50H,2,9H2,(H,52,53,54). The highest BCUT2D eigenvalue weighted by molar-refractivity contribution is 7.20. The van der Waals surface area contributed by atoms with Gasteiger partial charge in [0, 0.05) is 27.6 Å². The van der Waals surface area contributed by atoms with Gasteiger partial charge in [0.15, 0.2) is 14.2 Å². The van der Waals surface area contributed by atoms with E-state index in [1.54, 1.807) is 0 Å². The summed E-state index contributed by atoms with van der Waals surface area (Å²) >= 11 is 0. The van der Waals surface area contributed by atoms with Gasteiger partial charge in [0.05, 0.1) is 11.0 Å². The Morgan fingerprint density at radius 1 is 0.482 bits per heavy atom. The second-order valence-corrected chi connectivity index (χ2v) is 18.3. The quantitative estimate of drug-likeness (QED) is 0.123. The Hall–Kier alpha value is -6.82.